The summed E-state index contributed by atoms with van der Waals surface area (Å²) in [5, 5.41) is 2.53. The Labute approximate surface area is 142 Å². The van der Waals surface area contributed by atoms with Gasteiger partial charge >= 0.3 is 12.1 Å². The Morgan fingerprint density at radius 3 is 2.36 bits per heavy atom. The van der Waals surface area contributed by atoms with E-state index in [9.17, 15) is 22.8 Å². The van der Waals surface area contributed by atoms with Gasteiger partial charge in [-0.3, -0.25) is 4.79 Å². The van der Waals surface area contributed by atoms with Gasteiger partial charge in [-0.1, -0.05) is 30.3 Å². The van der Waals surface area contributed by atoms with Crippen molar-refractivity contribution in [3.8, 4) is 0 Å². The van der Waals surface area contributed by atoms with E-state index in [0.717, 1.165) is 6.07 Å². The fourth-order valence-electron chi connectivity index (χ4n) is 2.36. The molecule has 1 N–H and O–H groups in total. The number of hydrogen-bond donors (Lipinski definition) is 1. The van der Waals surface area contributed by atoms with Crippen LogP contribution in [0.4, 0.5) is 18.9 Å². The van der Waals surface area contributed by atoms with Crippen LogP contribution in [0.15, 0.2) is 48.5 Å². The van der Waals surface area contributed by atoms with Gasteiger partial charge in [0.25, 0.3) is 0 Å². The number of carbonyl (C=O) groups is 2. The largest absolute Gasteiger partial charge is 0.465 e. The van der Waals surface area contributed by atoms with E-state index < -0.39 is 23.6 Å². The molecule has 0 aliphatic heterocycles. The molecule has 1 amide bonds. The first-order valence-electron chi connectivity index (χ1n) is 7.45. The molecule has 0 saturated carbocycles. The van der Waals surface area contributed by atoms with Crippen molar-refractivity contribution in [1.82, 2.24) is 0 Å². The van der Waals surface area contributed by atoms with E-state index in [2.05, 4.69) is 10.1 Å². The summed E-state index contributed by atoms with van der Waals surface area (Å²) in [6, 6.07) is 11.4. The molecule has 4 nitrogen and oxygen atoms in total. The number of para-hydroxylation sites is 1. The van der Waals surface area contributed by atoms with Crippen molar-refractivity contribution in [2.24, 2.45) is 0 Å². The number of halogens is 3. The predicted molar refractivity (Wildman–Crippen MR) is 86.2 cm³/mol. The van der Waals surface area contributed by atoms with E-state index in [0.29, 0.717) is 0 Å². The molecule has 0 saturated heterocycles. The van der Waals surface area contributed by atoms with E-state index in [1.54, 1.807) is 12.1 Å². The SMILES string of the molecule is COC(=O)c1ccccc1NC(=O)CCc1ccccc1C(F)(F)F. The van der Waals surface area contributed by atoms with Gasteiger partial charge in [-0.2, -0.15) is 13.2 Å². The zero-order valence-electron chi connectivity index (χ0n) is 13.4. The number of esters is 1. The Morgan fingerprint density at radius 1 is 1.04 bits per heavy atom. The molecule has 0 unspecified atom stereocenters. The van der Waals surface area contributed by atoms with E-state index in [1.165, 1.54) is 37.4 Å². The fraction of sp³-hybridized carbons (Fsp3) is 0.222. The van der Waals surface area contributed by atoms with Gasteiger partial charge in [0.2, 0.25) is 5.91 Å². The number of carbonyl (C=O) groups excluding carboxylic acids is 2. The van der Waals surface area contributed by atoms with E-state index in [1.807, 2.05) is 0 Å². The summed E-state index contributed by atoms with van der Waals surface area (Å²) < 4.78 is 43.5. The molecule has 0 atom stereocenters. The van der Waals surface area contributed by atoms with Gasteiger partial charge in [-0.15, -0.1) is 0 Å². The first kappa shape index (κ1) is 18.5. The number of methoxy groups -OCH3 is 1. The Kier molecular flexibility index (Phi) is 5.80. The molecule has 132 valence electrons. The van der Waals surface area contributed by atoms with Gasteiger partial charge in [0, 0.05) is 6.42 Å². The van der Waals surface area contributed by atoms with Crippen LogP contribution >= 0.6 is 0 Å². The molecule has 2 rings (SSSR count). The lowest BCUT2D eigenvalue weighted by Gasteiger charge is -2.13. The Balaban J connectivity index is 2.07. The van der Waals surface area contributed by atoms with Crippen LogP contribution < -0.4 is 5.32 Å². The van der Waals surface area contributed by atoms with Gasteiger partial charge in [0.1, 0.15) is 0 Å². The van der Waals surface area contributed by atoms with Gasteiger partial charge in [-0.25, -0.2) is 4.79 Å². The highest BCUT2D eigenvalue weighted by Crippen LogP contribution is 2.32. The van der Waals surface area contributed by atoms with Gasteiger partial charge in [0.15, 0.2) is 0 Å². The van der Waals surface area contributed by atoms with Crippen LogP contribution in [0.25, 0.3) is 0 Å². The summed E-state index contributed by atoms with van der Waals surface area (Å²) in [7, 11) is 1.22. The lowest BCUT2D eigenvalue weighted by Crippen LogP contribution is -2.17. The molecule has 0 heterocycles. The standard InChI is InChI=1S/C18H16F3NO3/c1-25-17(24)13-7-3-5-9-15(13)22-16(23)11-10-12-6-2-4-8-14(12)18(19,20)21/h2-9H,10-11H2,1H3,(H,22,23). The van der Waals surface area contributed by atoms with Crippen molar-refractivity contribution < 1.29 is 27.5 Å². The number of alkyl halides is 3. The van der Waals surface area contributed by atoms with E-state index >= 15 is 0 Å². The second kappa shape index (κ2) is 7.83. The van der Waals surface area contributed by atoms with Crippen LogP contribution in [0, 0.1) is 0 Å². The number of amides is 1. The quantitative estimate of drug-likeness (QED) is 0.827. The highest BCUT2D eigenvalue weighted by molar-refractivity contribution is 6.01. The molecule has 2 aromatic rings. The number of aryl methyl sites for hydroxylation is 1. The van der Waals surface area contributed by atoms with E-state index in [-0.39, 0.29) is 29.7 Å². The Morgan fingerprint density at radius 2 is 1.68 bits per heavy atom. The van der Waals surface area contributed by atoms with Crippen molar-refractivity contribution in [2.75, 3.05) is 12.4 Å². The van der Waals surface area contributed by atoms with E-state index in [4.69, 9.17) is 0 Å². The summed E-state index contributed by atoms with van der Waals surface area (Å²) in [5.74, 6) is -1.10. The van der Waals surface area contributed by atoms with Gasteiger partial charge in [0.05, 0.1) is 23.9 Å². The molecule has 25 heavy (non-hydrogen) atoms. The molecule has 2 aromatic carbocycles. The average Bonchev–Trinajstić information content (AvgIpc) is 2.59. The monoisotopic (exact) mass is 351 g/mol. The van der Waals surface area contributed by atoms with Gasteiger partial charge in [-0.05, 0) is 30.2 Å². The van der Waals surface area contributed by atoms with Crippen molar-refractivity contribution in [2.45, 2.75) is 19.0 Å². The second-order valence-corrected chi connectivity index (χ2v) is 5.24. The fourth-order valence-corrected chi connectivity index (χ4v) is 2.36. The number of ether oxygens (including phenoxy) is 1. The highest BCUT2D eigenvalue weighted by atomic mass is 19.4. The van der Waals surface area contributed by atoms with Crippen LogP contribution in [0.1, 0.15) is 27.9 Å². The summed E-state index contributed by atoms with van der Waals surface area (Å²) in [6.07, 6.45) is -4.69. The topological polar surface area (TPSA) is 55.4 Å². The molecular weight excluding hydrogens is 335 g/mol. The first-order valence-corrected chi connectivity index (χ1v) is 7.45. The number of anilines is 1. The summed E-state index contributed by atoms with van der Waals surface area (Å²) in [6.45, 7) is 0. The minimum absolute atomic E-state index is 0.0476. The Bertz CT molecular complexity index is 772. The van der Waals surface area contributed by atoms with Crippen molar-refractivity contribution >= 4 is 17.6 Å². The summed E-state index contributed by atoms with van der Waals surface area (Å²) in [5.41, 5.74) is -0.276. The smallest absolute Gasteiger partial charge is 0.416 e. The molecule has 0 aliphatic rings. The molecule has 0 fully saturated rings. The third-order valence-electron chi connectivity index (χ3n) is 3.55. The maximum Gasteiger partial charge on any atom is 0.416 e. The zero-order chi connectivity index (χ0) is 18.4. The van der Waals surface area contributed by atoms with Crippen LogP contribution in [-0.4, -0.2) is 19.0 Å². The van der Waals surface area contributed by atoms with Crippen LogP contribution in [0.3, 0.4) is 0 Å². The van der Waals surface area contributed by atoms with Gasteiger partial charge < -0.3 is 10.1 Å². The molecule has 0 radical (unpaired) electrons. The average molecular weight is 351 g/mol. The first-order chi connectivity index (χ1) is 11.8. The molecule has 0 bridgehead atoms. The molecule has 0 aliphatic carbocycles. The zero-order valence-corrected chi connectivity index (χ0v) is 13.4. The predicted octanol–water partition coefficient (Wildman–Crippen LogP) is 4.06. The maximum absolute atomic E-state index is 12.9. The molecule has 7 heteroatoms. The summed E-state index contributed by atoms with van der Waals surface area (Å²) in [4.78, 5) is 23.7. The number of hydrogen-bond acceptors (Lipinski definition) is 3. The minimum Gasteiger partial charge on any atom is -0.465 e. The lowest BCUT2D eigenvalue weighted by atomic mass is 10.0. The molecular formula is C18H16F3NO3. The van der Waals surface area contributed by atoms with Crippen LogP contribution in [0.2, 0.25) is 0 Å². The summed E-state index contributed by atoms with van der Waals surface area (Å²) >= 11 is 0. The number of rotatable bonds is 5. The third-order valence-corrected chi connectivity index (χ3v) is 3.55. The second-order valence-electron chi connectivity index (χ2n) is 5.24. The lowest BCUT2D eigenvalue weighted by molar-refractivity contribution is -0.138. The molecule has 0 aromatic heterocycles. The minimum atomic E-state index is -4.47. The molecule has 0 spiro atoms. The van der Waals surface area contributed by atoms with Crippen molar-refractivity contribution in [3.63, 3.8) is 0 Å². The number of nitrogens with one attached hydrogen (secondary N) is 1. The highest BCUT2D eigenvalue weighted by Gasteiger charge is 2.32. The van der Waals surface area contributed by atoms with Crippen molar-refractivity contribution in [3.05, 3.63) is 65.2 Å². The maximum atomic E-state index is 12.9. The van der Waals surface area contributed by atoms with Crippen molar-refractivity contribution in [1.29, 1.82) is 0 Å². The number of benzene rings is 2. The van der Waals surface area contributed by atoms with Crippen LogP contribution in [-0.2, 0) is 22.1 Å². The third kappa shape index (κ3) is 4.82. The van der Waals surface area contributed by atoms with Crippen LogP contribution in [0.5, 0.6) is 0 Å². The Hall–Kier alpha value is -2.83. The normalized spacial score (nSPS) is 11.0.